The Morgan fingerprint density at radius 2 is 1.71 bits per heavy atom. The Hall–Kier alpha value is -3.16. The molecule has 1 aliphatic heterocycles. The Bertz CT molecular complexity index is 1060. The number of aromatic nitrogens is 1. The van der Waals surface area contributed by atoms with Gasteiger partial charge in [0.15, 0.2) is 11.5 Å². The second kappa shape index (κ2) is 9.32. The Morgan fingerprint density at radius 3 is 2.39 bits per heavy atom. The first-order valence-electron chi connectivity index (χ1n) is 9.96. The molecule has 1 fully saturated rings. The summed E-state index contributed by atoms with van der Waals surface area (Å²) in [6.45, 7) is 1.90. The minimum atomic E-state index is -0.618. The van der Waals surface area contributed by atoms with Crippen LogP contribution >= 0.6 is 11.6 Å². The summed E-state index contributed by atoms with van der Waals surface area (Å²) in [5.74, 6) is -0.0260. The monoisotopic (exact) mass is 439 g/mol. The van der Waals surface area contributed by atoms with E-state index in [0.29, 0.717) is 42.5 Å². The van der Waals surface area contributed by atoms with Crippen LogP contribution in [0.1, 0.15) is 22.1 Å². The molecular formula is C23H22ClN3O4. The van der Waals surface area contributed by atoms with Crippen molar-refractivity contribution in [2.24, 2.45) is 0 Å². The van der Waals surface area contributed by atoms with Gasteiger partial charge in [0.2, 0.25) is 0 Å². The number of piperazine rings is 1. The van der Waals surface area contributed by atoms with E-state index in [1.165, 1.54) is 7.11 Å². The van der Waals surface area contributed by atoms with E-state index in [2.05, 4.69) is 5.16 Å². The summed E-state index contributed by atoms with van der Waals surface area (Å²) < 4.78 is 10.4. The van der Waals surface area contributed by atoms with E-state index in [-0.39, 0.29) is 17.6 Å². The molecule has 3 aromatic rings. The second-order valence-electron chi connectivity index (χ2n) is 7.22. The fourth-order valence-electron chi connectivity index (χ4n) is 3.74. The number of hydrogen-bond acceptors (Lipinski definition) is 6. The summed E-state index contributed by atoms with van der Waals surface area (Å²) in [5.41, 5.74) is 1.82. The van der Waals surface area contributed by atoms with Crippen molar-refractivity contribution >= 4 is 23.5 Å². The number of carbonyl (C=O) groups is 2. The lowest BCUT2D eigenvalue weighted by Gasteiger charge is -2.38. The zero-order chi connectivity index (χ0) is 21.8. The van der Waals surface area contributed by atoms with Crippen LogP contribution in [0.5, 0.6) is 0 Å². The smallest absolute Gasteiger partial charge is 0.327 e. The summed E-state index contributed by atoms with van der Waals surface area (Å²) in [5, 5.41) is 4.46. The van der Waals surface area contributed by atoms with Gasteiger partial charge >= 0.3 is 5.97 Å². The highest BCUT2D eigenvalue weighted by Gasteiger charge is 2.34. The molecule has 1 aliphatic rings. The van der Waals surface area contributed by atoms with Gasteiger partial charge in [-0.15, -0.1) is 0 Å². The first kappa shape index (κ1) is 21.1. The number of halogens is 1. The lowest BCUT2D eigenvalue weighted by atomic mass is 10.0. The molecule has 1 saturated heterocycles. The maximum atomic E-state index is 12.9. The lowest BCUT2D eigenvalue weighted by molar-refractivity contribution is -0.148. The van der Waals surface area contributed by atoms with Crippen LogP contribution in [0.3, 0.4) is 0 Å². The van der Waals surface area contributed by atoms with Crippen LogP contribution in [0, 0.1) is 0 Å². The fraction of sp³-hybridized carbons (Fsp3) is 0.261. The maximum Gasteiger partial charge on any atom is 0.327 e. The average molecular weight is 440 g/mol. The number of methoxy groups -OCH3 is 1. The quantitative estimate of drug-likeness (QED) is 0.564. The SMILES string of the molecule is COC(=O)C(c1ccccc1Cl)N1CCN(C(=O)c2cc(-c3ccccc3)on2)CC1. The van der Waals surface area contributed by atoms with Gasteiger partial charge in [-0.05, 0) is 11.6 Å². The van der Waals surface area contributed by atoms with E-state index in [4.69, 9.17) is 20.9 Å². The Balaban J connectivity index is 1.45. The maximum absolute atomic E-state index is 12.9. The lowest BCUT2D eigenvalue weighted by Crippen LogP contribution is -2.51. The van der Waals surface area contributed by atoms with Gasteiger partial charge in [0.05, 0.1) is 7.11 Å². The predicted molar refractivity (Wildman–Crippen MR) is 116 cm³/mol. The first-order valence-corrected chi connectivity index (χ1v) is 10.3. The molecule has 0 bridgehead atoms. The van der Waals surface area contributed by atoms with Crippen molar-refractivity contribution < 1.29 is 18.8 Å². The van der Waals surface area contributed by atoms with Crippen LogP contribution in [-0.4, -0.2) is 60.1 Å². The molecule has 0 radical (unpaired) electrons. The number of esters is 1. The van der Waals surface area contributed by atoms with Crippen molar-refractivity contribution in [3.05, 3.63) is 76.9 Å². The van der Waals surface area contributed by atoms with Crippen molar-refractivity contribution in [2.75, 3.05) is 33.3 Å². The normalized spacial score (nSPS) is 15.5. The molecule has 2 heterocycles. The molecule has 0 spiro atoms. The molecular weight excluding hydrogens is 418 g/mol. The summed E-state index contributed by atoms with van der Waals surface area (Å²) in [6, 6.07) is 17.8. The van der Waals surface area contributed by atoms with E-state index < -0.39 is 6.04 Å². The zero-order valence-corrected chi connectivity index (χ0v) is 17.8. The van der Waals surface area contributed by atoms with Crippen molar-refractivity contribution in [3.8, 4) is 11.3 Å². The van der Waals surface area contributed by atoms with Crippen LogP contribution < -0.4 is 0 Å². The zero-order valence-electron chi connectivity index (χ0n) is 17.0. The molecule has 4 rings (SSSR count). The topological polar surface area (TPSA) is 75.9 Å². The van der Waals surface area contributed by atoms with Crippen molar-refractivity contribution in [1.82, 2.24) is 15.0 Å². The number of hydrogen-bond donors (Lipinski definition) is 0. The highest BCUT2D eigenvalue weighted by atomic mass is 35.5. The standard InChI is InChI=1S/C23H22ClN3O4/c1-30-23(29)21(17-9-5-6-10-18(17)24)26-11-13-27(14-12-26)22(28)19-15-20(31-25-19)16-7-3-2-4-8-16/h2-10,15,21H,11-14H2,1H3. The van der Waals surface area contributed by atoms with Crippen LogP contribution in [-0.2, 0) is 9.53 Å². The number of rotatable bonds is 5. The molecule has 0 aliphatic carbocycles. The minimum Gasteiger partial charge on any atom is -0.468 e. The van der Waals surface area contributed by atoms with Crippen LogP contribution in [0.25, 0.3) is 11.3 Å². The molecule has 0 saturated carbocycles. The number of benzene rings is 2. The second-order valence-corrected chi connectivity index (χ2v) is 7.63. The molecule has 0 N–H and O–H groups in total. The molecule has 31 heavy (non-hydrogen) atoms. The molecule has 160 valence electrons. The van der Waals surface area contributed by atoms with Gasteiger partial charge < -0.3 is 14.2 Å². The predicted octanol–water partition coefficient (Wildman–Crippen LogP) is 3.67. The molecule has 1 aromatic heterocycles. The molecule has 8 heteroatoms. The third kappa shape index (κ3) is 4.47. The van der Waals surface area contributed by atoms with E-state index in [9.17, 15) is 9.59 Å². The average Bonchev–Trinajstić information content (AvgIpc) is 3.31. The van der Waals surface area contributed by atoms with E-state index >= 15 is 0 Å². The van der Waals surface area contributed by atoms with E-state index in [0.717, 1.165) is 5.56 Å². The van der Waals surface area contributed by atoms with Crippen LogP contribution in [0.4, 0.5) is 0 Å². The van der Waals surface area contributed by atoms with Gasteiger partial charge in [0.25, 0.3) is 5.91 Å². The first-order chi connectivity index (χ1) is 15.1. The van der Waals surface area contributed by atoms with Crippen molar-refractivity contribution in [3.63, 3.8) is 0 Å². The summed E-state index contributed by atoms with van der Waals surface area (Å²) in [7, 11) is 1.36. The van der Waals surface area contributed by atoms with Gasteiger partial charge in [-0.3, -0.25) is 9.69 Å². The molecule has 2 aromatic carbocycles. The highest BCUT2D eigenvalue weighted by Crippen LogP contribution is 2.30. The van der Waals surface area contributed by atoms with Crippen molar-refractivity contribution in [2.45, 2.75) is 6.04 Å². The number of amides is 1. The number of nitrogens with zero attached hydrogens (tertiary/aromatic N) is 3. The summed E-state index contributed by atoms with van der Waals surface area (Å²) in [6.07, 6.45) is 0. The highest BCUT2D eigenvalue weighted by molar-refractivity contribution is 6.31. The summed E-state index contributed by atoms with van der Waals surface area (Å²) >= 11 is 6.33. The molecule has 1 amide bonds. The van der Waals surface area contributed by atoms with Gasteiger partial charge in [-0.1, -0.05) is 65.3 Å². The Kier molecular flexibility index (Phi) is 6.34. The molecule has 7 nitrogen and oxygen atoms in total. The fourth-order valence-corrected chi connectivity index (χ4v) is 3.98. The largest absolute Gasteiger partial charge is 0.468 e. The van der Waals surface area contributed by atoms with Gasteiger partial charge in [0, 0.05) is 42.8 Å². The van der Waals surface area contributed by atoms with Gasteiger partial charge in [-0.2, -0.15) is 0 Å². The Morgan fingerprint density at radius 1 is 1.03 bits per heavy atom. The number of ether oxygens (including phenoxy) is 1. The number of carbonyl (C=O) groups excluding carboxylic acids is 2. The molecule has 1 atom stereocenters. The van der Waals surface area contributed by atoms with Gasteiger partial charge in [-0.25, -0.2) is 4.79 Å². The van der Waals surface area contributed by atoms with E-state index in [1.807, 2.05) is 53.4 Å². The van der Waals surface area contributed by atoms with Gasteiger partial charge in [0.1, 0.15) is 6.04 Å². The van der Waals surface area contributed by atoms with Crippen LogP contribution in [0.2, 0.25) is 5.02 Å². The van der Waals surface area contributed by atoms with Crippen LogP contribution in [0.15, 0.2) is 65.2 Å². The molecule has 1 unspecified atom stereocenters. The van der Waals surface area contributed by atoms with Crippen molar-refractivity contribution in [1.29, 1.82) is 0 Å². The van der Waals surface area contributed by atoms with E-state index in [1.54, 1.807) is 17.0 Å². The third-order valence-electron chi connectivity index (χ3n) is 5.38. The minimum absolute atomic E-state index is 0.196. The Labute approximate surface area is 185 Å². The third-order valence-corrected chi connectivity index (χ3v) is 5.72. The summed E-state index contributed by atoms with van der Waals surface area (Å²) in [4.78, 5) is 29.1.